The number of alkyl halides is 3. The van der Waals surface area contributed by atoms with Crippen molar-refractivity contribution in [3.8, 4) is 0 Å². The van der Waals surface area contributed by atoms with Gasteiger partial charge in [-0.2, -0.15) is 21.6 Å². The largest absolute Gasteiger partial charge is 0.512 e. The molecule has 134 valence electrons. The number of hydrogen-bond acceptors (Lipinski definition) is 4. The molecule has 1 aliphatic rings. The van der Waals surface area contributed by atoms with E-state index in [4.69, 9.17) is 0 Å². The average Bonchev–Trinajstić information content (AvgIpc) is 2.25. The molecule has 22 heavy (non-hydrogen) atoms. The third kappa shape index (κ3) is 8.25. The lowest BCUT2D eigenvalue weighted by Gasteiger charge is -2.37. The molecule has 0 saturated carbocycles. The van der Waals surface area contributed by atoms with E-state index in [1.54, 1.807) is 0 Å². The van der Waals surface area contributed by atoms with E-state index >= 15 is 0 Å². The molecule has 0 bridgehead atoms. The fourth-order valence-corrected chi connectivity index (χ4v) is 3.64. The van der Waals surface area contributed by atoms with Gasteiger partial charge in [-0.15, -0.1) is 0 Å². The van der Waals surface area contributed by atoms with E-state index in [1.807, 2.05) is 0 Å². The van der Waals surface area contributed by atoms with Gasteiger partial charge in [0.25, 0.3) is 0 Å². The first-order valence-corrected chi connectivity index (χ1v) is 9.47. The van der Waals surface area contributed by atoms with Crippen LogP contribution >= 0.6 is 0 Å². The van der Waals surface area contributed by atoms with E-state index in [-0.39, 0.29) is 4.13 Å². The minimum Gasteiger partial charge on any atom is -0.326 e. The first-order chi connectivity index (χ1) is 9.72. The summed E-state index contributed by atoms with van der Waals surface area (Å²) in [5, 5.41) is 0. The van der Waals surface area contributed by atoms with E-state index in [0.29, 0.717) is 0 Å². The Morgan fingerprint density at radius 1 is 1.05 bits per heavy atom. The highest BCUT2D eigenvalue weighted by atomic mass is 32.3. The molecule has 1 rings (SSSR count). The van der Waals surface area contributed by atoms with Gasteiger partial charge in [0, 0.05) is 0 Å². The Labute approximate surface area is 128 Å². The van der Waals surface area contributed by atoms with Gasteiger partial charge in [-0.3, -0.25) is 0 Å². The maximum atomic E-state index is 11.4. The number of nitrogens with zero attached hydrogens (tertiary/aromatic N) is 1. The maximum Gasteiger partial charge on any atom is 0.512 e. The van der Waals surface area contributed by atoms with Crippen LogP contribution in [0.4, 0.5) is 17.1 Å². The number of quaternary nitrogens is 1. The van der Waals surface area contributed by atoms with E-state index < -0.39 is 25.9 Å². The molecule has 0 radical (unpaired) electrons. The minimum absolute atomic E-state index is 0.212. The molecular formula is C10H21F4N2O4S2+. The van der Waals surface area contributed by atoms with Crippen molar-refractivity contribution < 1.29 is 38.4 Å². The molecule has 0 atom stereocenters. The third-order valence-electron chi connectivity index (χ3n) is 3.17. The molecule has 0 spiro atoms. The lowest BCUT2D eigenvalue weighted by molar-refractivity contribution is -0.914. The first-order valence-electron chi connectivity index (χ1n) is 6.60. The molecule has 0 unspecified atom stereocenters. The second kappa shape index (κ2) is 7.88. The Morgan fingerprint density at radius 2 is 1.50 bits per heavy atom. The Balaban J connectivity index is 0.000000406. The summed E-state index contributed by atoms with van der Waals surface area (Å²) >= 11 is 0. The van der Waals surface area contributed by atoms with Crippen LogP contribution in [0.2, 0.25) is 0 Å². The zero-order valence-corrected chi connectivity index (χ0v) is 14.0. The first kappa shape index (κ1) is 21.5. The summed E-state index contributed by atoms with van der Waals surface area (Å²) in [5.74, 6) is 0. The van der Waals surface area contributed by atoms with Gasteiger partial charge < -0.3 is 4.48 Å². The number of piperidine rings is 1. The molecular weight excluding hydrogens is 352 g/mol. The van der Waals surface area contributed by atoms with Crippen molar-refractivity contribution in [3.63, 3.8) is 0 Å². The standard InChI is InChI=1S/C9H20N.CHF4NO4S2/c1-3-7-10(2)8-5-4-6-9-10;2-1(3,4)11(7,8)6-12(5,9)10/h3-9H2,1-2H3;6H/q+1;. The fourth-order valence-electron chi connectivity index (χ4n) is 2.22. The molecule has 12 heteroatoms. The number of rotatable bonds is 4. The van der Waals surface area contributed by atoms with Gasteiger partial charge in [-0.25, -0.2) is 8.42 Å². The molecule has 0 amide bonds. The maximum absolute atomic E-state index is 11.4. The van der Waals surface area contributed by atoms with Gasteiger partial charge in [-0.1, -0.05) is 14.9 Å². The smallest absolute Gasteiger partial charge is 0.326 e. The Morgan fingerprint density at radius 3 is 1.77 bits per heavy atom. The molecule has 1 heterocycles. The van der Waals surface area contributed by atoms with Crippen LogP contribution in [0.3, 0.4) is 0 Å². The van der Waals surface area contributed by atoms with Crippen molar-refractivity contribution in [3.05, 3.63) is 0 Å². The van der Waals surface area contributed by atoms with Crippen LogP contribution in [0, 0.1) is 0 Å². The SMILES string of the molecule is CCC[N+]1(C)CCCCC1.O=S(=O)(F)NS(=O)(=O)C(F)(F)F. The lowest BCUT2D eigenvalue weighted by atomic mass is 10.1. The highest BCUT2D eigenvalue weighted by molar-refractivity contribution is 8.03. The van der Waals surface area contributed by atoms with Gasteiger partial charge in [0.1, 0.15) is 0 Å². The molecule has 1 fully saturated rings. The zero-order chi connectivity index (χ0) is 17.7. The Bertz CT molecular complexity index is 534. The van der Waals surface area contributed by atoms with Crippen LogP contribution in [0.5, 0.6) is 0 Å². The number of halogens is 4. The average molecular weight is 373 g/mol. The van der Waals surface area contributed by atoms with Crippen molar-refractivity contribution in [1.82, 2.24) is 4.13 Å². The van der Waals surface area contributed by atoms with Gasteiger partial charge in [0.15, 0.2) is 0 Å². The summed E-state index contributed by atoms with van der Waals surface area (Å²) in [7, 11) is -9.69. The summed E-state index contributed by atoms with van der Waals surface area (Å²) in [6.07, 6.45) is 5.72. The number of nitrogens with one attached hydrogen (secondary N) is 1. The van der Waals surface area contributed by atoms with E-state index in [9.17, 15) is 33.9 Å². The highest BCUT2D eigenvalue weighted by Gasteiger charge is 2.48. The quantitative estimate of drug-likeness (QED) is 0.462. The summed E-state index contributed by atoms with van der Waals surface area (Å²) < 4.78 is 84.9. The summed E-state index contributed by atoms with van der Waals surface area (Å²) in [4.78, 5) is 0. The zero-order valence-electron chi connectivity index (χ0n) is 12.4. The molecule has 1 N–H and O–H groups in total. The minimum atomic E-state index is -6.17. The van der Waals surface area contributed by atoms with Crippen molar-refractivity contribution in [2.24, 2.45) is 0 Å². The van der Waals surface area contributed by atoms with Crippen LogP contribution in [0.1, 0.15) is 32.6 Å². The van der Waals surface area contributed by atoms with Crippen LogP contribution in [-0.4, -0.2) is 53.5 Å². The van der Waals surface area contributed by atoms with Crippen molar-refractivity contribution in [1.29, 1.82) is 0 Å². The van der Waals surface area contributed by atoms with Crippen molar-refractivity contribution in [2.45, 2.75) is 38.1 Å². The predicted octanol–water partition coefficient (Wildman–Crippen LogP) is 1.67. The van der Waals surface area contributed by atoms with Crippen molar-refractivity contribution in [2.75, 3.05) is 26.7 Å². The molecule has 0 aromatic carbocycles. The van der Waals surface area contributed by atoms with Gasteiger partial charge >= 0.3 is 25.9 Å². The highest BCUT2D eigenvalue weighted by Crippen LogP contribution is 2.22. The normalized spacial score (nSPS) is 19.2. The molecule has 0 aliphatic carbocycles. The number of hydrogen-bond donors (Lipinski definition) is 1. The fraction of sp³-hybridized carbons (Fsp3) is 1.00. The topological polar surface area (TPSA) is 80.3 Å². The number of likely N-dealkylation sites (tertiary alicyclic amines) is 1. The molecule has 0 aromatic heterocycles. The Hall–Kier alpha value is -0.460. The Kier molecular flexibility index (Phi) is 7.72. The van der Waals surface area contributed by atoms with Crippen LogP contribution in [-0.2, 0) is 20.4 Å². The van der Waals surface area contributed by atoms with Gasteiger partial charge in [0.2, 0.25) is 0 Å². The third-order valence-corrected chi connectivity index (χ3v) is 5.46. The van der Waals surface area contributed by atoms with Crippen LogP contribution < -0.4 is 4.13 Å². The summed E-state index contributed by atoms with van der Waals surface area (Å²) in [6, 6.07) is 0. The summed E-state index contributed by atoms with van der Waals surface area (Å²) in [6.45, 7) is 6.53. The second-order valence-corrected chi connectivity index (χ2v) is 8.33. The van der Waals surface area contributed by atoms with E-state index in [2.05, 4.69) is 14.0 Å². The number of sulfonamides is 1. The predicted molar refractivity (Wildman–Crippen MR) is 73.1 cm³/mol. The monoisotopic (exact) mass is 373 g/mol. The molecule has 1 aliphatic heterocycles. The summed E-state index contributed by atoms with van der Waals surface area (Å²) in [5.41, 5.74) is -5.86. The van der Waals surface area contributed by atoms with E-state index in [1.165, 1.54) is 49.8 Å². The molecule has 6 nitrogen and oxygen atoms in total. The molecule has 0 aromatic rings. The van der Waals surface area contributed by atoms with Crippen LogP contribution in [0.25, 0.3) is 0 Å². The second-order valence-electron chi connectivity index (χ2n) is 5.32. The van der Waals surface area contributed by atoms with E-state index in [0.717, 1.165) is 0 Å². The van der Waals surface area contributed by atoms with Gasteiger partial charge in [0.05, 0.1) is 26.7 Å². The van der Waals surface area contributed by atoms with Crippen molar-refractivity contribution >= 4 is 20.4 Å². The van der Waals surface area contributed by atoms with Gasteiger partial charge in [-0.05, 0) is 25.7 Å². The lowest BCUT2D eigenvalue weighted by Crippen LogP contribution is -2.48. The molecule has 1 saturated heterocycles. The van der Waals surface area contributed by atoms with Crippen LogP contribution in [0.15, 0.2) is 0 Å².